The lowest BCUT2D eigenvalue weighted by molar-refractivity contribution is 0.534. The van der Waals surface area contributed by atoms with Gasteiger partial charge in [0.2, 0.25) is 0 Å². The third kappa shape index (κ3) is 3.15. The molecule has 0 heterocycles. The maximum Gasteiger partial charge on any atom is 0.0208 e. The Morgan fingerprint density at radius 1 is 1.21 bits per heavy atom. The highest BCUT2D eigenvalue weighted by molar-refractivity contribution is 5.29. The monoisotopic (exact) mass is 191 g/mol. The van der Waals surface area contributed by atoms with Gasteiger partial charge in [0.1, 0.15) is 0 Å². The lowest BCUT2D eigenvalue weighted by atomic mass is 10.1. The van der Waals surface area contributed by atoms with Crippen molar-refractivity contribution in [3.8, 4) is 0 Å². The lowest BCUT2D eigenvalue weighted by Crippen LogP contribution is -2.24. The van der Waals surface area contributed by atoms with Gasteiger partial charge in [-0.15, -0.1) is 0 Å². The Bertz CT molecular complexity index is 291. The van der Waals surface area contributed by atoms with Crippen molar-refractivity contribution in [1.29, 1.82) is 0 Å². The fourth-order valence-corrected chi connectivity index (χ4v) is 1.35. The maximum atomic E-state index is 3.50. The lowest BCUT2D eigenvalue weighted by Gasteiger charge is -2.12. The molecule has 0 aliphatic rings. The number of benzene rings is 1. The predicted molar refractivity (Wildman–Crippen MR) is 62.5 cm³/mol. The van der Waals surface area contributed by atoms with E-state index in [-0.39, 0.29) is 0 Å². The average molecular weight is 191 g/mol. The first-order valence-electron chi connectivity index (χ1n) is 5.43. The van der Waals surface area contributed by atoms with E-state index < -0.39 is 0 Å². The summed E-state index contributed by atoms with van der Waals surface area (Å²) in [5.41, 5.74) is 4.14. The van der Waals surface area contributed by atoms with Crippen molar-refractivity contribution in [2.45, 2.75) is 46.7 Å². The summed E-state index contributed by atoms with van der Waals surface area (Å²) in [4.78, 5) is 0. The molecule has 78 valence electrons. The number of rotatable bonds is 4. The normalized spacial score (nSPS) is 12.9. The molecule has 0 radical (unpaired) electrons. The zero-order chi connectivity index (χ0) is 10.6. The van der Waals surface area contributed by atoms with Crippen LogP contribution in [0.25, 0.3) is 0 Å². The van der Waals surface area contributed by atoms with Crippen LogP contribution >= 0.6 is 0 Å². The van der Waals surface area contributed by atoms with Crippen LogP contribution in [-0.2, 0) is 6.54 Å². The minimum absolute atomic E-state index is 0.608. The van der Waals surface area contributed by atoms with Gasteiger partial charge in [0.25, 0.3) is 0 Å². The fourth-order valence-electron chi connectivity index (χ4n) is 1.35. The van der Waals surface area contributed by atoms with Gasteiger partial charge in [-0.2, -0.15) is 0 Å². The molecule has 1 heteroatoms. The molecule has 0 saturated carbocycles. The Hall–Kier alpha value is -0.820. The fraction of sp³-hybridized carbons (Fsp3) is 0.538. The molecule has 0 aromatic heterocycles. The quantitative estimate of drug-likeness (QED) is 0.770. The Morgan fingerprint density at radius 2 is 1.93 bits per heavy atom. The van der Waals surface area contributed by atoms with Gasteiger partial charge >= 0.3 is 0 Å². The van der Waals surface area contributed by atoms with E-state index in [0.29, 0.717) is 6.04 Å². The van der Waals surface area contributed by atoms with E-state index in [2.05, 4.69) is 51.2 Å². The van der Waals surface area contributed by atoms with Crippen LogP contribution in [0.5, 0.6) is 0 Å². The summed E-state index contributed by atoms with van der Waals surface area (Å²) in [6, 6.07) is 7.28. The molecule has 0 bridgehead atoms. The topological polar surface area (TPSA) is 12.0 Å². The van der Waals surface area contributed by atoms with Crippen LogP contribution in [0.15, 0.2) is 18.2 Å². The van der Waals surface area contributed by atoms with Gasteiger partial charge < -0.3 is 5.32 Å². The first kappa shape index (κ1) is 11.3. The second-order valence-corrected chi connectivity index (χ2v) is 4.11. The minimum Gasteiger partial charge on any atom is -0.310 e. The zero-order valence-corrected chi connectivity index (χ0v) is 9.72. The Morgan fingerprint density at radius 3 is 2.50 bits per heavy atom. The SMILES string of the molecule is CC[C@H](C)NCc1ccc(C)c(C)c1. The Labute approximate surface area is 87.5 Å². The summed E-state index contributed by atoms with van der Waals surface area (Å²) in [6.45, 7) is 9.73. The van der Waals surface area contributed by atoms with Gasteiger partial charge in [-0.3, -0.25) is 0 Å². The van der Waals surface area contributed by atoms with Crippen molar-refractivity contribution in [1.82, 2.24) is 5.32 Å². The number of aryl methyl sites for hydroxylation is 2. The van der Waals surface area contributed by atoms with Crippen LogP contribution in [0, 0.1) is 13.8 Å². The van der Waals surface area contributed by atoms with Crippen LogP contribution in [0.4, 0.5) is 0 Å². The Balaban J connectivity index is 2.55. The summed E-state index contributed by atoms with van der Waals surface area (Å²) in [6.07, 6.45) is 1.19. The van der Waals surface area contributed by atoms with E-state index in [1.165, 1.54) is 23.1 Å². The molecule has 0 spiro atoms. The van der Waals surface area contributed by atoms with Gasteiger partial charge in [0.05, 0.1) is 0 Å². The van der Waals surface area contributed by atoms with Crippen LogP contribution in [0.3, 0.4) is 0 Å². The molecule has 1 aromatic carbocycles. The van der Waals surface area contributed by atoms with Crippen molar-refractivity contribution in [3.63, 3.8) is 0 Å². The summed E-state index contributed by atoms with van der Waals surface area (Å²) in [5.74, 6) is 0. The second-order valence-electron chi connectivity index (χ2n) is 4.11. The summed E-state index contributed by atoms with van der Waals surface area (Å²) < 4.78 is 0. The molecule has 1 aromatic rings. The van der Waals surface area contributed by atoms with Crippen LogP contribution < -0.4 is 5.32 Å². The van der Waals surface area contributed by atoms with Gasteiger partial charge in [-0.05, 0) is 43.9 Å². The summed E-state index contributed by atoms with van der Waals surface area (Å²) in [7, 11) is 0. The van der Waals surface area contributed by atoms with Crippen molar-refractivity contribution >= 4 is 0 Å². The highest BCUT2D eigenvalue weighted by Gasteiger charge is 1.99. The Kier molecular flexibility index (Phi) is 4.15. The van der Waals surface area contributed by atoms with E-state index in [9.17, 15) is 0 Å². The van der Waals surface area contributed by atoms with E-state index in [4.69, 9.17) is 0 Å². The molecule has 0 aliphatic heterocycles. The molecular weight excluding hydrogens is 170 g/mol. The molecule has 0 fully saturated rings. The van der Waals surface area contributed by atoms with E-state index >= 15 is 0 Å². The van der Waals surface area contributed by atoms with Gasteiger partial charge in [-0.1, -0.05) is 25.1 Å². The first-order chi connectivity index (χ1) is 6.63. The number of hydrogen-bond donors (Lipinski definition) is 1. The van der Waals surface area contributed by atoms with Crippen molar-refractivity contribution < 1.29 is 0 Å². The molecule has 0 amide bonds. The maximum absolute atomic E-state index is 3.50. The first-order valence-corrected chi connectivity index (χ1v) is 5.43. The van der Waals surface area contributed by atoms with Gasteiger partial charge in [-0.25, -0.2) is 0 Å². The van der Waals surface area contributed by atoms with Crippen molar-refractivity contribution in [3.05, 3.63) is 34.9 Å². The third-order valence-corrected chi connectivity index (χ3v) is 2.84. The molecule has 1 rings (SSSR count). The molecule has 1 nitrogen and oxygen atoms in total. The molecule has 0 saturated heterocycles. The highest BCUT2D eigenvalue weighted by atomic mass is 14.9. The zero-order valence-electron chi connectivity index (χ0n) is 9.72. The summed E-state index contributed by atoms with van der Waals surface area (Å²) in [5, 5.41) is 3.50. The minimum atomic E-state index is 0.608. The van der Waals surface area contributed by atoms with Gasteiger partial charge in [0.15, 0.2) is 0 Å². The third-order valence-electron chi connectivity index (χ3n) is 2.84. The molecule has 1 atom stereocenters. The van der Waals surface area contributed by atoms with Crippen LogP contribution in [0.2, 0.25) is 0 Å². The standard InChI is InChI=1S/C13H21N/c1-5-12(4)14-9-13-7-6-10(2)11(3)8-13/h6-8,12,14H,5,9H2,1-4H3/t12-/m0/s1. The second kappa shape index (κ2) is 5.16. The molecule has 0 aliphatic carbocycles. The highest BCUT2D eigenvalue weighted by Crippen LogP contribution is 2.09. The average Bonchev–Trinajstić information content (AvgIpc) is 2.19. The van der Waals surface area contributed by atoms with Gasteiger partial charge in [0, 0.05) is 12.6 Å². The predicted octanol–water partition coefficient (Wildman–Crippen LogP) is 3.19. The number of hydrogen-bond acceptors (Lipinski definition) is 1. The molecule has 1 N–H and O–H groups in total. The van der Waals surface area contributed by atoms with Crippen molar-refractivity contribution in [2.24, 2.45) is 0 Å². The number of nitrogens with one attached hydrogen (secondary N) is 1. The smallest absolute Gasteiger partial charge is 0.0208 e. The largest absolute Gasteiger partial charge is 0.310 e. The van der Waals surface area contributed by atoms with Crippen LogP contribution in [0.1, 0.15) is 37.0 Å². The van der Waals surface area contributed by atoms with E-state index in [1.54, 1.807) is 0 Å². The van der Waals surface area contributed by atoms with E-state index in [0.717, 1.165) is 6.54 Å². The molecule has 14 heavy (non-hydrogen) atoms. The summed E-state index contributed by atoms with van der Waals surface area (Å²) >= 11 is 0. The molecular formula is C13H21N. The van der Waals surface area contributed by atoms with E-state index in [1.807, 2.05) is 0 Å². The van der Waals surface area contributed by atoms with Crippen LogP contribution in [-0.4, -0.2) is 6.04 Å². The van der Waals surface area contributed by atoms with Crippen molar-refractivity contribution in [2.75, 3.05) is 0 Å². The molecule has 0 unspecified atom stereocenters.